The quantitative estimate of drug-likeness (QED) is 0.224. The van der Waals surface area contributed by atoms with Crippen LogP contribution in [0.1, 0.15) is 16.7 Å². The van der Waals surface area contributed by atoms with Gasteiger partial charge in [-0.25, -0.2) is 4.98 Å². The largest absolute Gasteiger partial charge is 0.344 e. The molecule has 0 atom stereocenters. The van der Waals surface area contributed by atoms with Crippen LogP contribution < -0.4 is 5.32 Å². The molecule has 0 unspecified atom stereocenters. The van der Waals surface area contributed by atoms with Gasteiger partial charge in [0.15, 0.2) is 5.13 Å². The lowest BCUT2D eigenvalue weighted by Crippen LogP contribution is -2.38. The highest BCUT2D eigenvalue weighted by molar-refractivity contribution is 7.14. The highest BCUT2D eigenvalue weighted by Crippen LogP contribution is 2.42. The fourth-order valence-corrected chi connectivity index (χ4v) is 5.74. The second-order valence-corrected chi connectivity index (χ2v) is 9.78. The van der Waals surface area contributed by atoms with Crippen molar-refractivity contribution < 1.29 is 0 Å². The summed E-state index contributed by atoms with van der Waals surface area (Å²) in [6.07, 6.45) is 0. The lowest BCUT2D eigenvalue weighted by molar-refractivity contribution is 0.710. The number of hydrogen-bond acceptors (Lipinski definition) is 3. The van der Waals surface area contributed by atoms with Crippen LogP contribution in [0.2, 0.25) is 0 Å². The first-order valence-electron chi connectivity index (χ1n) is 12.4. The summed E-state index contributed by atoms with van der Waals surface area (Å²) in [5.41, 5.74) is 7.35. The van der Waals surface area contributed by atoms with Gasteiger partial charge in [-0.2, -0.15) is 0 Å². The zero-order chi connectivity index (χ0) is 24.9. The third-order valence-electron chi connectivity index (χ3n) is 6.71. The Kier molecular flexibility index (Phi) is 6.36. The Morgan fingerprint density at radius 2 is 0.919 bits per heavy atom. The van der Waals surface area contributed by atoms with Crippen molar-refractivity contribution in [3.63, 3.8) is 0 Å². The normalized spacial score (nSPS) is 11.2. The van der Waals surface area contributed by atoms with Crippen LogP contribution in [-0.4, -0.2) is 4.98 Å². The van der Waals surface area contributed by atoms with Gasteiger partial charge in [-0.05, 0) is 27.8 Å². The van der Waals surface area contributed by atoms with E-state index in [1.54, 1.807) is 11.3 Å². The van der Waals surface area contributed by atoms with Crippen LogP contribution in [0.4, 0.5) is 5.13 Å². The fourth-order valence-electron chi connectivity index (χ4n) is 4.97. The molecule has 3 heteroatoms. The Labute approximate surface area is 221 Å². The van der Waals surface area contributed by atoms with Crippen molar-refractivity contribution in [1.82, 2.24) is 4.98 Å². The molecule has 37 heavy (non-hydrogen) atoms. The number of anilines is 1. The highest BCUT2D eigenvalue weighted by Gasteiger charge is 2.37. The highest BCUT2D eigenvalue weighted by atomic mass is 32.1. The van der Waals surface area contributed by atoms with E-state index in [0.29, 0.717) is 0 Å². The number of nitrogens with one attached hydrogen (secondary N) is 1. The van der Waals surface area contributed by atoms with Gasteiger partial charge in [0, 0.05) is 10.9 Å². The van der Waals surface area contributed by atoms with Gasteiger partial charge in [0.05, 0.1) is 5.69 Å². The molecule has 0 saturated carbocycles. The summed E-state index contributed by atoms with van der Waals surface area (Å²) in [5.74, 6) is 0. The zero-order valence-corrected chi connectivity index (χ0v) is 21.1. The summed E-state index contributed by atoms with van der Waals surface area (Å²) in [6, 6.07) is 50.9. The molecule has 0 radical (unpaired) electrons. The number of aromatic nitrogens is 1. The molecule has 5 aromatic carbocycles. The minimum absolute atomic E-state index is 0.599. The van der Waals surface area contributed by atoms with E-state index in [4.69, 9.17) is 4.98 Å². The molecule has 0 amide bonds. The number of rotatable bonds is 7. The van der Waals surface area contributed by atoms with Crippen molar-refractivity contribution in [3.8, 4) is 22.4 Å². The molecule has 0 aliphatic carbocycles. The predicted octanol–water partition coefficient (Wildman–Crippen LogP) is 8.88. The first-order chi connectivity index (χ1) is 18.3. The van der Waals surface area contributed by atoms with Gasteiger partial charge in [0.1, 0.15) is 5.54 Å². The maximum absolute atomic E-state index is 5.14. The van der Waals surface area contributed by atoms with Gasteiger partial charge in [-0.1, -0.05) is 146 Å². The van der Waals surface area contributed by atoms with Crippen LogP contribution in [0.15, 0.2) is 151 Å². The molecule has 6 aromatic rings. The smallest absolute Gasteiger partial charge is 0.184 e. The minimum atomic E-state index is -0.599. The summed E-state index contributed by atoms with van der Waals surface area (Å²) < 4.78 is 0. The lowest BCUT2D eigenvalue weighted by atomic mass is 9.77. The average molecular weight is 495 g/mol. The van der Waals surface area contributed by atoms with Gasteiger partial charge in [0.25, 0.3) is 0 Å². The Hall–Kier alpha value is -4.47. The van der Waals surface area contributed by atoms with E-state index in [2.05, 4.69) is 150 Å². The third kappa shape index (κ3) is 4.46. The van der Waals surface area contributed by atoms with E-state index in [-0.39, 0.29) is 0 Å². The molecular weight excluding hydrogens is 468 g/mol. The van der Waals surface area contributed by atoms with Gasteiger partial charge in [-0.3, -0.25) is 0 Å². The Morgan fingerprint density at radius 1 is 0.486 bits per heavy atom. The monoisotopic (exact) mass is 494 g/mol. The number of hydrogen-bond donors (Lipinski definition) is 1. The van der Waals surface area contributed by atoms with E-state index < -0.39 is 5.54 Å². The molecule has 0 fully saturated rings. The van der Waals surface area contributed by atoms with Crippen molar-refractivity contribution in [3.05, 3.63) is 168 Å². The van der Waals surface area contributed by atoms with Crippen LogP contribution in [0.25, 0.3) is 22.4 Å². The van der Waals surface area contributed by atoms with E-state index >= 15 is 0 Å². The average Bonchev–Trinajstić information content (AvgIpc) is 3.46. The van der Waals surface area contributed by atoms with Crippen LogP contribution in [0.5, 0.6) is 0 Å². The Bertz CT molecular complexity index is 1480. The SMILES string of the molecule is c1ccc(-c2ccccc2-c2csc(NC(c3ccccc3)(c3ccccc3)c3ccccc3)n2)cc1. The third-order valence-corrected chi connectivity index (χ3v) is 7.46. The minimum Gasteiger partial charge on any atom is -0.344 e. The van der Waals surface area contributed by atoms with Crippen LogP contribution in [0, 0.1) is 0 Å². The van der Waals surface area contributed by atoms with Gasteiger partial charge in [-0.15, -0.1) is 11.3 Å². The van der Waals surface area contributed by atoms with Gasteiger partial charge in [0.2, 0.25) is 0 Å². The van der Waals surface area contributed by atoms with E-state index in [9.17, 15) is 0 Å². The zero-order valence-electron chi connectivity index (χ0n) is 20.3. The molecule has 0 aliphatic rings. The van der Waals surface area contributed by atoms with Crippen molar-refractivity contribution in [2.24, 2.45) is 0 Å². The summed E-state index contributed by atoms with van der Waals surface area (Å²) in [5, 5.41) is 6.92. The number of nitrogens with zero attached hydrogens (tertiary/aromatic N) is 1. The first-order valence-corrected chi connectivity index (χ1v) is 13.3. The van der Waals surface area contributed by atoms with Gasteiger partial charge >= 0.3 is 0 Å². The predicted molar refractivity (Wildman–Crippen MR) is 156 cm³/mol. The summed E-state index contributed by atoms with van der Waals surface area (Å²) >= 11 is 1.64. The van der Waals surface area contributed by atoms with Crippen LogP contribution in [0.3, 0.4) is 0 Å². The summed E-state index contributed by atoms with van der Waals surface area (Å²) in [7, 11) is 0. The van der Waals surface area contributed by atoms with E-state index in [1.807, 2.05) is 6.07 Å². The van der Waals surface area contributed by atoms with Crippen molar-refractivity contribution in [2.75, 3.05) is 5.32 Å². The maximum Gasteiger partial charge on any atom is 0.184 e. The lowest BCUT2D eigenvalue weighted by Gasteiger charge is -2.36. The molecule has 178 valence electrons. The molecule has 1 aromatic heterocycles. The maximum atomic E-state index is 5.14. The Balaban J connectivity index is 1.49. The number of thiazole rings is 1. The summed E-state index contributed by atoms with van der Waals surface area (Å²) in [4.78, 5) is 5.14. The molecule has 1 N–H and O–H groups in total. The van der Waals surface area contributed by atoms with E-state index in [1.165, 1.54) is 11.1 Å². The standard InChI is InChI=1S/C34H26N2S/c1-5-15-26(16-6-1)30-23-13-14-24-31(30)32-25-37-33(35-32)36-34(27-17-7-2-8-18-27,28-19-9-3-10-20-28)29-21-11-4-12-22-29/h1-25H,(H,35,36). The van der Waals surface area contributed by atoms with Crippen molar-refractivity contribution >= 4 is 16.5 Å². The second kappa shape index (κ2) is 10.3. The van der Waals surface area contributed by atoms with Crippen molar-refractivity contribution in [1.29, 1.82) is 0 Å². The molecule has 2 nitrogen and oxygen atoms in total. The van der Waals surface area contributed by atoms with Gasteiger partial charge < -0.3 is 5.32 Å². The second-order valence-electron chi connectivity index (χ2n) is 8.92. The van der Waals surface area contributed by atoms with Crippen LogP contribution in [-0.2, 0) is 5.54 Å². The summed E-state index contributed by atoms with van der Waals surface area (Å²) in [6.45, 7) is 0. The fraction of sp³-hybridized carbons (Fsp3) is 0.0294. The molecular formula is C34H26N2S. The number of benzene rings is 5. The molecule has 1 heterocycles. The van der Waals surface area contributed by atoms with Crippen molar-refractivity contribution in [2.45, 2.75) is 5.54 Å². The van der Waals surface area contributed by atoms with E-state index in [0.717, 1.165) is 33.1 Å². The topological polar surface area (TPSA) is 24.9 Å². The molecule has 0 bridgehead atoms. The Morgan fingerprint density at radius 3 is 1.43 bits per heavy atom. The molecule has 0 saturated heterocycles. The first kappa shape index (κ1) is 23.0. The van der Waals surface area contributed by atoms with Crippen LogP contribution >= 0.6 is 11.3 Å². The molecule has 0 aliphatic heterocycles. The molecule has 0 spiro atoms. The molecule has 6 rings (SSSR count).